The normalized spacial score (nSPS) is 19.4. The molecule has 1 aliphatic carbocycles. The number of hydrogen-bond donors (Lipinski definition) is 1. The number of nitrogens with zero attached hydrogens (tertiary/aromatic N) is 3. The first-order valence-electron chi connectivity index (χ1n) is 8.01. The van der Waals surface area contributed by atoms with E-state index in [1.807, 2.05) is 17.9 Å². The van der Waals surface area contributed by atoms with Gasteiger partial charge in [-0.25, -0.2) is 4.98 Å². The topological polar surface area (TPSA) is 71.3 Å². The molecule has 0 atom stereocenters. The maximum absolute atomic E-state index is 13.0. The Balaban J connectivity index is 1.77. The van der Waals surface area contributed by atoms with Gasteiger partial charge in [0.1, 0.15) is 0 Å². The third kappa shape index (κ3) is 2.37. The molecule has 116 valence electrons. The molecule has 22 heavy (non-hydrogen) atoms. The van der Waals surface area contributed by atoms with Crippen LogP contribution in [0.5, 0.6) is 0 Å². The van der Waals surface area contributed by atoms with E-state index >= 15 is 0 Å². The Bertz CT molecular complexity index is 712. The van der Waals surface area contributed by atoms with Gasteiger partial charge < -0.3 is 14.7 Å². The van der Waals surface area contributed by atoms with E-state index in [1.54, 1.807) is 0 Å². The van der Waals surface area contributed by atoms with Crippen LogP contribution in [0.15, 0.2) is 10.6 Å². The van der Waals surface area contributed by atoms with Crippen LogP contribution < -0.4 is 5.32 Å². The van der Waals surface area contributed by atoms with Gasteiger partial charge in [0, 0.05) is 31.2 Å². The summed E-state index contributed by atoms with van der Waals surface area (Å²) in [5.41, 5.74) is 2.91. The average molecular weight is 300 g/mol. The standard InChI is InChI=1S/C16H20N4O2/c1-10-14-12(16(21)20-7-2-5-17-6-8-20)9-13(11-3-4-11)18-15(14)22-19-10/h9,11,17H,2-8H2,1H3. The van der Waals surface area contributed by atoms with E-state index in [4.69, 9.17) is 4.52 Å². The van der Waals surface area contributed by atoms with E-state index in [9.17, 15) is 4.79 Å². The van der Waals surface area contributed by atoms with Crippen LogP contribution >= 0.6 is 0 Å². The van der Waals surface area contributed by atoms with Crippen molar-refractivity contribution in [1.29, 1.82) is 0 Å². The highest BCUT2D eigenvalue weighted by atomic mass is 16.5. The Labute approximate surface area is 128 Å². The molecule has 0 radical (unpaired) electrons. The fourth-order valence-corrected chi connectivity index (χ4v) is 3.09. The van der Waals surface area contributed by atoms with Crippen molar-refractivity contribution in [3.63, 3.8) is 0 Å². The second-order valence-electron chi connectivity index (χ2n) is 6.21. The third-order valence-electron chi connectivity index (χ3n) is 4.49. The van der Waals surface area contributed by atoms with Crippen LogP contribution in [-0.4, -0.2) is 47.1 Å². The molecule has 0 spiro atoms. The summed E-state index contributed by atoms with van der Waals surface area (Å²) >= 11 is 0. The first-order valence-corrected chi connectivity index (χ1v) is 8.01. The smallest absolute Gasteiger partial charge is 0.259 e. The van der Waals surface area contributed by atoms with Crippen LogP contribution in [-0.2, 0) is 0 Å². The number of rotatable bonds is 2. The number of hydrogen-bond acceptors (Lipinski definition) is 5. The van der Waals surface area contributed by atoms with Crippen molar-refractivity contribution in [2.45, 2.75) is 32.1 Å². The zero-order valence-electron chi connectivity index (χ0n) is 12.8. The van der Waals surface area contributed by atoms with Gasteiger partial charge in [-0.3, -0.25) is 4.79 Å². The highest BCUT2D eigenvalue weighted by molar-refractivity contribution is 6.06. The van der Waals surface area contributed by atoms with Crippen LogP contribution in [0.3, 0.4) is 0 Å². The molecule has 1 saturated carbocycles. The number of pyridine rings is 1. The van der Waals surface area contributed by atoms with Gasteiger partial charge in [-0.15, -0.1) is 0 Å². The van der Waals surface area contributed by atoms with Crippen molar-refractivity contribution in [2.24, 2.45) is 0 Å². The highest BCUT2D eigenvalue weighted by Gasteiger charge is 2.29. The second kappa shape index (κ2) is 5.35. The lowest BCUT2D eigenvalue weighted by molar-refractivity contribution is 0.0768. The van der Waals surface area contributed by atoms with Crippen LogP contribution in [0.2, 0.25) is 0 Å². The summed E-state index contributed by atoms with van der Waals surface area (Å²) in [6, 6.07) is 1.96. The molecular weight excluding hydrogens is 280 g/mol. The number of carbonyl (C=O) groups is 1. The predicted molar refractivity (Wildman–Crippen MR) is 81.9 cm³/mol. The Hall–Kier alpha value is -1.95. The van der Waals surface area contributed by atoms with Gasteiger partial charge in [0.15, 0.2) is 0 Å². The maximum Gasteiger partial charge on any atom is 0.259 e. The first kappa shape index (κ1) is 13.7. The summed E-state index contributed by atoms with van der Waals surface area (Å²) in [6.07, 6.45) is 3.28. The second-order valence-corrected chi connectivity index (χ2v) is 6.21. The quantitative estimate of drug-likeness (QED) is 0.916. The molecule has 1 N–H and O–H groups in total. The van der Waals surface area contributed by atoms with Crippen molar-refractivity contribution in [3.05, 3.63) is 23.0 Å². The van der Waals surface area contributed by atoms with Gasteiger partial charge in [-0.2, -0.15) is 0 Å². The number of fused-ring (bicyclic) bond motifs is 1. The lowest BCUT2D eigenvalue weighted by Gasteiger charge is -2.20. The van der Waals surface area contributed by atoms with Gasteiger partial charge >= 0.3 is 0 Å². The lowest BCUT2D eigenvalue weighted by atomic mass is 10.1. The Morgan fingerprint density at radius 1 is 1.36 bits per heavy atom. The monoisotopic (exact) mass is 300 g/mol. The van der Waals surface area contributed by atoms with E-state index in [0.29, 0.717) is 17.2 Å². The summed E-state index contributed by atoms with van der Waals surface area (Å²) in [6.45, 7) is 5.21. The van der Waals surface area contributed by atoms with E-state index in [2.05, 4.69) is 15.5 Å². The first-order chi connectivity index (χ1) is 10.7. The van der Waals surface area contributed by atoms with E-state index in [-0.39, 0.29) is 5.91 Å². The predicted octanol–water partition coefficient (Wildman–Crippen LogP) is 1.84. The zero-order chi connectivity index (χ0) is 15.1. The number of aryl methyl sites for hydroxylation is 1. The number of carbonyl (C=O) groups excluding carboxylic acids is 1. The summed E-state index contributed by atoms with van der Waals surface area (Å²) in [5, 5.41) is 8.10. The fourth-order valence-electron chi connectivity index (χ4n) is 3.09. The third-order valence-corrected chi connectivity index (χ3v) is 4.49. The Kier molecular flexibility index (Phi) is 3.33. The molecule has 2 aromatic rings. The van der Waals surface area contributed by atoms with E-state index in [0.717, 1.165) is 62.2 Å². The average Bonchev–Trinajstić information content (AvgIpc) is 3.34. The van der Waals surface area contributed by atoms with Crippen molar-refractivity contribution in [2.75, 3.05) is 26.2 Å². The van der Waals surface area contributed by atoms with Crippen LogP contribution in [0.25, 0.3) is 11.1 Å². The molecule has 2 fully saturated rings. The van der Waals surface area contributed by atoms with Crippen molar-refractivity contribution >= 4 is 17.0 Å². The molecule has 3 heterocycles. The highest BCUT2D eigenvalue weighted by Crippen LogP contribution is 2.40. The minimum absolute atomic E-state index is 0.0734. The van der Waals surface area contributed by atoms with Gasteiger partial charge in [-0.1, -0.05) is 5.16 Å². The minimum Gasteiger partial charge on any atom is -0.337 e. The van der Waals surface area contributed by atoms with Gasteiger partial charge in [0.05, 0.1) is 16.6 Å². The zero-order valence-corrected chi connectivity index (χ0v) is 12.8. The molecule has 1 saturated heterocycles. The van der Waals surface area contributed by atoms with Crippen LogP contribution in [0.1, 0.15) is 46.9 Å². The summed E-state index contributed by atoms with van der Waals surface area (Å²) in [5.74, 6) is 0.552. The van der Waals surface area contributed by atoms with E-state index < -0.39 is 0 Å². The molecule has 2 aromatic heterocycles. The van der Waals surface area contributed by atoms with Crippen LogP contribution in [0, 0.1) is 6.92 Å². The lowest BCUT2D eigenvalue weighted by Crippen LogP contribution is -2.34. The van der Waals surface area contributed by atoms with E-state index in [1.165, 1.54) is 0 Å². The summed E-state index contributed by atoms with van der Waals surface area (Å²) in [7, 11) is 0. The molecular formula is C16H20N4O2. The van der Waals surface area contributed by atoms with Gasteiger partial charge in [0.2, 0.25) is 0 Å². The SMILES string of the molecule is Cc1noc2nc(C3CC3)cc(C(=O)N3CCCNCC3)c12. The minimum atomic E-state index is 0.0734. The Morgan fingerprint density at radius 3 is 3.05 bits per heavy atom. The van der Waals surface area contributed by atoms with Crippen molar-refractivity contribution in [1.82, 2.24) is 20.4 Å². The molecule has 1 aliphatic heterocycles. The molecule has 2 aliphatic rings. The molecule has 6 heteroatoms. The molecule has 6 nitrogen and oxygen atoms in total. The molecule has 0 unspecified atom stereocenters. The molecule has 0 bridgehead atoms. The van der Waals surface area contributed by atoms with Gasteiger partial charge in [-0.05, 0) is 38.8 Å². The largest absolute Gasteiger partial charge is 0.337 e. The summed E-state index contributed by atoms with van der Waals surface area (Å²) in [4.78, 5) is 19.5. The van der Waals surface area contributed by atoms with Crippen molar-refractivity contribution < 1.29 is 9.32 Å². The van der Waals surface area contributed by atoms with Gasteiger partial charge in [0.25, 0.3) is 11.6 Å². The summed E-state index contributed by atoms with van der Waals surface area (Å²) < 4.78 is 5.33. The number of nitrogens with one attached hydrogen (secondary N) is 1. The molecule has 1 amide bonds. The van der Waals surface area contributed by atoms with Crippen molar-refractivity contribution in [3.8, 4) is 0 Å². The Morgan fingerprint density at radius 2 is 2.23 bits per heavy atom. The maximum atomic E-state index is 13.0. The number of aromatic nitrogens is 2. The molecule has 4 rings (SSSR count). The number of amides is 1. The molecule has 0 aromatic carbocycles. The fraction of sp³-hybridized carbons (Fsp3) is 0.562. The van der Waals surface area contributed by atoms with Crippen LogP contribution in [0.4, 0.5) is 0 Å².